The third-order valence-corrected chi connectivity index (χ3v) is 1.43. The van der Waals surface area contributed by atoms with E-state index in [1.54, 1.807) is 0 Å². The number of benzene rings is 1. The van der Waals surface area contributed by atoms with Crippen LogP contribution in [0.1, 0.15) is 20.7 Å². The number of hydroxylamine groups is 1. The summed E-state index contributed by atoms with van der Waals surface area (Å²) in [7, 11) is 0. The molecule has 0 atom stereocenters. The van der Waals surface area contributed by atoms with Crippen molar-refractivity contribution in [1.82, 2.24) is 5.48 Å². The molecule has 1 rings (SSSR count). The van der Waals surface area contributed by atoms with Crippen LogP contribution in [0.3, 0.4) is 0 Å². The molecule has 4 N–H and O–H groups in total. The molecule has 0 saturated heterocycles. The van der Waals surface area contributed by atoms with Crippen LogP contribution in [0, 0.1) is 0 Å². The second-order valence-corrected chi connectivity index (χ2v) is 2.43. The molecular formula is C9H10KNO6. The van der Waals surface area contributed by atoms with Crippen molar-refractivity contribution in [2.45, 2.75) is 0 Å². The van der Waals surface area contributed by atoms with Gasteiger partial charge in [-0.25, -0.2) is 15.1 Å². The zero-order chi connectivity index (χ0) is 12.6. The van der Waals surface area contributed by atoms with Gasteiger partial charge in [0.25, 0.3) is 0 Å². The first-order valence-electron chi connectivity index (χ1n) is 3.92. The Morgan fingerprint density at radius 3 is 1.35 bits per heavy atom. The van der Waals surface area contributed by atoms with Crippen LogP contribution in [0.5, 0.6) is 0 Å². The van der Waals surface area contributed by atoms with Crippen molar-refractivity contribution in [3.63, 3.8) is 0 Å². The third-order valence-electron chi connectivity index (χ3n) is 1.43. The number of rotatable bonds is 3. The summed E-state index contributed by atoms with van der Waals surface area (Å²) in [5.74, 6) is -2.13. The Labute approximate surface area is 139 Å². The first kappa shape index (κ1) is 18.6. The number of carboxylic acids is 2. The maximum absolute atomic E-state index is 10.3. The molecule has 0 heterocycles. The van der Waals surface area contributed by atoms with Crippen molar-refractivity contribution < 1.29 is 29.8 Å². The Bertz CT molecular complexity index is 345. The SMILES string of the molecule is O=C(O)c1ccc(C(=O)O)cc1.O=CNO.[KH]. The molecule has 8 heteroatoms. The van der Waals surface area contributed by atoms with E-state index in [4.69, 9.17) is 20.2 Å². The zero-order valence-corrected chi connectivity index (χ0v) is 7.95. The summed E-state index contributed by atoms with van der Waals surface area (Å²) >= 11 is 0. The van der Waals surface area contributed by atoms with E-state index in [0.29, 0.717) is 0 Å². The molecule has 0 radical (unpaired) electrons. The molecule has 0 aliphatic rings. The standard InChI is InChI=1S/C8H6O4.CH3NO2.K.H/c9-7(10)5-1-2-6(4-3-5)8(11)12;3-1-2-4;;/h1-4H,(H,9,10)(H,11,12);1,4H,(H,2,3);;. The van der Waals surface area contributed by atoms with Crippen LogP contribution in [0.2, 0.25) is 0 Å². The van der Waals surface area contributed by atoms with Gasteiger partial charge in [-0.1, -0.05) is 0 Å². The Balaban J connectivity index is 0. The summed E-state index contributed by atoms with van der Waals surface area (Å²) in [6, 6.07) is 5.02. The van der Waals surface area contributed by atoms with Gasteiger partial charge in [0.05, 0.1) is 11.1 Å². The predicted octanol–water partition coefficient (Wildman–Crippen LogP) is -0.444. The molecule has 0 bridgehead atoms. The first-order valence-corrected chi connectivity index (χ1v) is 3.92. The fourth-order valence-electron chi connectivity index (χ4n) is 0.755. The number of aromatic carboxylic acids is 2. The van der Waals surface area contributed by atoms with E-state index in [-0.39, 0.29) is 68.9 Å². The molecule has 17 heavy (non-hydrogen) atoms. The van der Waals surface area contributed by atoms with Crippen LogP contribution in [0.15, 0.2) is 24.3 Å². The van der Waals surface area contributed by atoms with E-state index in [2.05, 4.69) is 0 Å². The van der Waals surface area contributed by atoms with E-state index in [1.165, 1.54) is 29.7 Å². The number of carbonyl (C=O) groups excluding carboxylic acids is 1. The van der Waals surface area contributed by atoms with E-state index in [0.717, 1.165) is 0 Å². The zero-order valence-electron chi connectivity index (χ0n) is 7.95. The number of carboxylic acid groups (broad SMARTS) is 2. The van der Waals surface area contributed by atoms with Gasteiger partial charge in [0.15, 0.2) is 0 Å². The van der Waals surface area contributed by atoms with Crippen molar-refractivity contribution in [1.29, 1.82) is 0 Å². The Morgan fingerprint density at radius 2 is 1.24 bits per heavy atom. The van der Waals surface area contributed by atoms with Gasteiger partial charge in [-0.3, -0.25) is 10.0 Å². The Hall–Kier alpha value is -0.774. The van der Waals surface area contributed by atoms with E-state index >= 15 is 0 Å². The molecule has 0 fully saturated rings. The quantitative estimate of drug-likeness (QED) is 0.255. The topological polar surface area (TPSA) is 124 Å². The van der Waals surface area contributed by atoms with E-state index in [9.17, 15) is 9.59 Å². The number of carbonyl (C=O) groups is 3. The normalized spacial score (nSPS) is 7.82. The number of hydrogen-bond donors (Lipinski definition) is 4. The fraction of sp³-hybridized carbons (Fsp3) is 0. The van der Waals surface area contributed by atoms with Crippen LogP contribution in [-0.2, 0) is 4.79 Å². The number of hydrogen-bond acceptors (Lipinski definition) is 4. The van der Waals surface area contributed by atoms with Gasteiger partial charge in [-0.15, -0.1) is 0 Å². The monoisotopic (exact) mass is 267 g/mol. The molecule has 1 aromatic carbocycles. The fourth-order valence-corrected chi connectivity index (χ4v) is 0.755. The van der Waals surface area contributed by atoms with E-state index < -0.39 is 11.9 Å². The third kappa shape index (κ3) is 8.02. The van der Waals surface area contributed by atoms with Crippen molar-refractivity contribution >= 4 is 69.7 Å². The summed E-state index contributed by atoms with van der Waals surface area (Å²) in [5, 5.41) is 24.2. The van der Waals surface area contributed by atoms with E-state index in [1.807, 2.05) is 0 Å². The molecule has 0 aliphatic heterocycles. The average Bonchev–Trinajstić information content (AvgIpc) is 2.29. The summed E-state index contributed by atoms with van der Waals surface area (Å²) in [6.45, 7) is 0. The minimum absolute atomic E-state index is 0. The van der Waals surface area contributed by atoms with Crippen molar-refractivity contribution in [2.75, 3.05) is 0 Å². The van der Waals surface area contributed by atoms with Gasteiger partial charge in [0.2, 0.25) is 6.41 Å². The summed E-state index contributed by atoms with van der Waals surface area (Å²) in [5.41, 5.74) is 1.42. The van der Waals surface area contributed by atoms with Crippen LogP contribution in [-0.4, -0.2) is 85.2 Å². The molecule has 0 aliphatic carbocycles. The van der Waals surface area contributed by atoms with Crippen LogP contribution in [0.4, 0.5) is 0 Å². The first-order chi connectivity index (χ1) is 7.52. The molecule has 7 nitrogen and oxygen atoms in total. The number of amides is 1. The minimum atomic E-state index is -1.06. The Kier molecular flexibility index (Phi) is 11.4. The molecule has 1 amide bonds. The van der Waals surface area contributed by atoms with Gasteiger partial charge < -0.3 is 10.2 Å². The molecule has 0 saturated carbocycles. The molecule has 88 valence electrons. The van der Waals surface area contributed by atoms with Gasteiger partial charge in [-0.05, 0) is 24.3 Å². The maximum atomic E-state index is 10.3. The predicted molar refractivity (Wildman–Crippen MR) is 58.5 cm³/mol. The second-order valence-electron chi connectivity index (χ2n) is 2.43. The van der Waals surface area contributed by atoms with Crippen LogP contribution < -0.4 is 5.48 Å². The van der Waals surface area contributed by atoms with Gasteiger partial charge >= 0.3 is 63.3 Å². The molecule has 0 unspecified atom stereocenters. The van der Waals surface area contributed by atoms with Gasteiger partial charge in [-0.2, -0.15) is 0 Å². The average molecular weight is 267 g/mol. The van der Waals surface area contributed by atoms with Gasteiger partial charge in [0, 0.05) is 0 Å². The summed E-state index contributed by atoms with van der Waals surface area (Å²) in [4.78, 5) is 29.5. The number of nitrogens with one attached hydrogen (secondary N) is 1. The van der Waals surface area contributed by atoms with Crippen LogP contribution >= 0.6 is 0 Å². The summed E-state index contributed by atoms with van der Waals surface area (Å²) in [6.07, 6.45) is 0.181. The van der Waals surface area contributed by atoms with Crippen LogP contribution in [0.25, 0.3) is 0 Å². The molecular weight excluding hydrogens is 257 g/mol. The van der Waals surface area contributed by atoms with Gasteiger partial charge in [0.1, 0.15) is 0 Å². The Morgan fingerprint density at radius 1 is 1.00 bits per heavy atom. The van der Waals surface area contributed by atoms with Crippen molar-refractivity contribution in [3.8, 4) is 0 Å². The molecule has 0 aromatic heterocycles. The molecule has 1 aromatic rings. The summed E-state index contributed by atoms with van der Waals surface area (Å²) < 4.78 is 0. The van der Waals surface area contributed by atoms with Crippen molar-refractivity contribution in [2.24, 2.45) is 0 Å². The molecule has 0 spiro atoms. The second kappa shape index (κ2) is 10.4. The van der Waals surface area contributed by atoms with Crippen molar-refractivity contribution in [3.05, 3.63) is 35.4 Å².